The topological polar surface area (TPSA) is 47.3 Å². The van der Waals surface area contributed by atoms with Crippen LogP contribution in [0.2, 0.25) is 0 Å². The number of ether oxygens (including phenoxy) is 1. The molecule has 3 nitrogen and oxygen atoms in total. The Labute approximate surface area is 140 Å². The predicted octanol–water partition coefficient (Wildman–Crippen LogP) is 3.86. The normalized spacial score (nSPS) is 10.7. The van der Waals surface area contributed by atoms with Crippen LogP contribution < -0.4 is 15.8 Å². The van der Waals surface area contributed by atoms with Gasteiger partial charge in [0.2, 0.25) is 0 Å². The third-order valence-electron chi connectivity index (χ3n) is 3.68. The first-order chi connectivity index (χ1) is 11.0. The molecule has 0 bridgehead atoms. The Hall–Kier alpha value is -1.84. The van der Waals surface area contributed by atoms with E-state index in [1.807, 2.05) is 30.3 Å². The van der Waals surface area contributed by atoms with E-state index in [1.165, 1.54) is 11.1 Å². The van der Waals surface area contributed by atoms with Crippen LogP contribution in [0.3, 0.4) is 0 Å². The van der Waals surface area contributed by atoms with E-state index in [0.29, 0.717) is 0 Å². The molecular weight excluding hydrogens is 284 g/mol. The minimum Gasteiger partial charge on any atom is -0.497 e. The maximum atomic E-state index is 5.48. The molecule has 126 valence electrons. The van der Waals surface area contributed by atoms with E-state index in [9.17, 15) is 0 Å². The molecule has 0 spiro atoms. The second-order valence-electron chi connectivity index (χ2n) is 6.08. The Morgan fingerprint density at radius 2 is 1.74 bits per heavy atom. The van der Waals surface area contributed by atoms with Gasteiger partial charge >= 0.3 is 0 Å². The summed E-state index contributed by atoms with van der Waals surface area (Å²) < 4.78 is 5.23. The van der Waals surface area contributed by atoms with Gasteiger partial charge in [-0.05, 0) is 58.0 Å². The van der Waals surface area contributed by atoms with Crippen LogP contribution in [-0.2, 0) is 5.54 Å². The standard InChI is InChI=1S/C13H22N2O.C7H8/c1-13(2,15-9-5-8-14)11-6-4-7-12(10-11)16-3;1-7-5-3-2-4-6-7/h4,6-7,10,15H,5,8-9,14H2,1-3H3;2-6H,1H3. The van der Waals surface area contributed by atoms with Gasteiger partial charge in [-0.2, -0.15) is 0 Å². The Bertz CT molecular complexity index is 553. The van der Waals surface area contributed by atoms with Gasteiger partial charge < -0.3 is 15.8 Å². The highest BCUT2D eigenvalue weighted by Crippen LogP contribution is 2.23. The maximum absolute atomic E-state index is 5.48. The number of nitrogens with one attached hydrogen (secondary N) is 1. The fourth-order valence-corrected chi connectivity index (χ4v) is 2.15. The van der Waals surface area contributed by atoms with Gasteiger partial charge in [-0.15, -0.1) is 0 Å². The summed E-state index contributed by atoms with van der Waals surface area (Å²) in [4.78, 5) is 0. The summed E-state index contributed by atoms with van der Waals surface area (Å²) in [6.45, 7) is 8.07. The molecule has 0 aromatic heterocycles. The highest BCUT2D eigenvalue weighted by atomic mass is 16.5. The van der Waals surface area contributed by atoms with Crippen LogP contribution in [0.25, 0.3) is 0 Å². The van der Waals surface area contributed by atoms with Crippen molar-refractivity contribution < 1.29 is 4.74 Å². The summed E-state index contributed by atoms with van der Waals surface area (Å²) in [7, 11) is 1.69. The molecule has 0 fully saturated rings. The summed E-state index contributed by atoms with van der Waals surface area (Å²) in [6, 6.07) is 18.4. The third-order valence-corrected chi connectivity index (χ3v) is 3.68. The van der Waals surface area contributed by atoms with Gasteiger partial charge in [0, 0.05) is 5.54 Å². The summed E-state index contributed by atoms with van der Waals surface area (Å²) in [6.07, 6.45) is 0.993. The second-order valence-corrected chi connectivity index (χ2v) is 6.08. The van der Waals surface area contributed by atoms with Gasteiger partial charge in [-0.1, -0.05) is 48.0 Å². The first-order valence-electron chi connectivity index (χ1n) is 8.11. The van der Waals surface area contributed by atoms with E-state index in [-0.39, 0.29) is 5.54 Å². The molecule has 0 radical (unpaired) electrons. The van der Waals surface area contributed by atoms with Crippen LogP contribution in [0, 0.1) is 6.92 Å². The minimum atomic E-state index is -0.0519. The van der Waals surface area contributed by atoms with Crippen LogP contribution in [0.1, 0.15) is 31.4 Å². The van der Waals surface area contributed by atoms with Crippen LogP contribution in [-0.4, -0.2) is 20.2 Å². The van der Waals surface area contributed by atoms with E-state index in [1.54, 1.807) is 7.11 Å². The SMILES string of the molecule is COc1cccc(C(C)(C)NCCCN)c1.Cc1ccccc1. The zero-order valence-corrected chi connectivity index (χ0v) is 14.8. The van der Waals surface area contributed by atoms with Gasteiger partial charge in [-0.3, -0.25) is 0 Å². The van der Waals surface area contributed by atoms with Crippen molar-refractivity contribution in [2.45, 2.75) is 32.7 Å². The van der Waals surface area contributed by atoms with Gasteiger partial charge in [0.1, 0.15) is 5.75 Å². The quantitative estimate of drug-likeness (QED) is 0.796. The highest BCUT2D eigenvalue weighted by molar-refractivity contribution is 5.32. The second kappa shape index (κ2) is 10.0. The fraction of sp³-hybridized carbons (Fsp3) is 0.400. The highest BCUT2D eigenvalue weighted by Gasteiger charge is 2.19. The van der Waals surface area contributed by atoms with E-state index < -0.39 is 0 Å². The Morgan fingerprint density at radius 3 is 2.26 bits per heavy atom. The van der Waals surface area contributed by atoms with Crippen molar-refractivity contribution in [1.29, 1.82) is 0 Å². The Kier molecular flexibility index (Phi) is 8.38. The number of aryl methyl sites for hydroxylation is 1. The number of nitrogens with two attached hydrogens (primary N) is 1. The molecule has 2 aromatic carbocycles. The molecule has 0 saturated heterocycles. The predicted molar refractivity (Wildman–Crippen MR) is 98.9 cm³/mol. The Morgan fingerprint density at radius 1 is 1.04 bits per heavy atom. The van der Waals surface area contributed by atoms with Gasteiger partial charge in [-0.25, -0.2) is 0 Å². The van der Waals surface area contributed by atoms with Crippen molar-refractivity contribution in [3.05, 3.63) is 65.7 Å². The fourth-order valence-electron chi connectivity index (χ4n) is 2.15. The molecule has 0 aliphatic heterocycles. The van der Waals surface area contributed by atoms with Gasteiger partial charge in [0.25, 0.3) is 0 Å². The molecular formula is C20H30N2O. The lowest BCUT2D eigenvalue weighted by molar-refractivity contribution is 0.390. The third kappa shape index (κ3) is 7.31. The number of hydrogen-bond donors (Lipinski definition) is 2. The average Bonchev–Trinajstić information content (AvgIpc) is 2.56. The van der Waals surface area contributed by atoms with Gasteiger partial charge in [0.05, 0.1) is 7.11 Å². The smallest absolute Gasteiger partial charge is 0.119 e. The summed E-state index contributed by atoms with van der Waals surface area (Å²) in [5, 5.41) is 3.49. The average molecular weight is 314 g/mol. The minimum absolute atomic E-state index is 0.0519. The molecule has 3 heteroatoms. The Balaban J connectivity index is 0.000000313. The van der Waals surface area contributed by atoms with E-state index in [2.05, 4.69) is 50.4 Å². The summed E-state index contributed by atoms with van der Waals surface area (Å²) >= 11 is 0. The molecule has 23 heavy (non-hydrogen) atoms. The van der Waals surface area contributed by atoms with Crippen molar-refractivity contribution in [2.24, 2.45) is 5.73 Å². The van der Waals surface area contributed by atoms with Crippen molar-refractivity contribution in [1.82, 2.24) is 5.32 Å². The molecule has 0 heterocycles. The number of rotatable bonds is 6. The molecule has 0 atom stereocenters. The van der Waals surface area contributed by atoms with Crippen LogP contribution in [0.5, 0.6) is 5.75 Å². The van der Waals surface area contributed by atoms with Crippen molar-refractivity contribution in [3.8, 4) is 5.75 Å². The molecule has 2 rings (SSSR count). The lowest BCUT2D eigenvalue weighted by atomic mass is 9.94. The first-order valence-corrected chi connectivity index (χ1v) is 8.11. The zero-order chi connectivity index (χ0) is 17.1. The lowest BCUT2D eigenvalue weighted by Gasteiger charge is -2.27. The molecule has 0 saturated carbocycles. The van der Waals surface area contributed by atoms with Gasteiger partial charge in [0.15, 0.2) is 0 Å². The summed E-state index contributed by atoms with van der Waals surface area (Å²) in [5.74, 6) is 0.895. The zero-order valence-electron chi connectivity index (χ0n) is 14.8. The van der Waals surface area contributed by atoms with E-state index >= 15 is 0 Å². The molecule has 0 aliphatic carbocycles. The van der Waals surface area contributed by atoms with E-state index in [0.717, 1.165) is 25.3 Å². The van der Waals surface area contributed by atoms with Crippen LogP contribution in [0.4, 0.5) is 0 Å². The van der Waals surface area contributed by atoms with E-state index in [4.69, 9.17) is 10.5 Å². The summed E-state index contributed by atoms with van der Waals surface area (Å²) in [5.41, 5.74) is 7.98. The monoisotopic (exact) mass is 314 g/mol. The largest absolute Gasteiger partial charge is 0.497 e. The van der Waals surface area contributed by atoms with Crippen molar-refractivity contribution >= 4 is 0 Å². The lowest BCUT2D eigenvalue weighted by Crippen LogP contribution is -2.37. The first kappa shape index (κ1) is 19.2. The van der Waals surface area contributed by atoms with Crippen molar-refractivity contribution in [2.75, 3.05) is 20.2 Å². The molecule has 2 aromatic rings. The number of benzene rings is 2. The molecule has 0 aliphatic rings. The maximum Gasteiger partial charge on any atom is 0.119 e. The van der Waals surface area contributed by atoms with Crippen molar-refractivity contribution in [3.63, 3.8) is 0 Å². The molecule has 0 unspecified atom stereocenters. The van der Waals surface area contributed by atoms with Crippen LogP contribution >= 0.6 is 0 Å². The molecule has 3 N–H and O–H groups in total. The number of methoxy groups -OCH3 is 1. The van der Waals surface area contributed by atoms with Crippen LogP contribution in [0.15, 0.2) is 54.6 Å². The number of hydrogen-bond acceptors (Lipinski definition) is 3. The molecule has 0 amide bonds.